The van der Waals surface area contributed by atoms with Gasteiger partial charge in [-0.05, 0) is 30.5 Å². The van der Waals surface area contributed by atoms with Crippen LogP contribution in [0.2, 0.25) is 0 Å². The second-order valence-corrected chi connectivity index (χ2v) is 7.10. The zero-order valence-corrected chi connectivity index (χ0v) is 11.9. The summed E-state index contributed by atoms with van der Waals surface area (Å²) in [5, 5.41) is 9.01. The van der Waals surface area contributed by atoms with Crippen molar-refractivity contribution in [3.8, 4) is 0 Å². The molecule has 1 heterocycles. The van der Waals surface area contributed by atoms with E-state index >= 15 is 0 Å². The highest BCUT2D eigenvalue weighted by Gasteiger charge is 2.33. The summed E-state index contributed by atoms with van der Waals surface area (Å²) >= 11 is 3.09. The number of nitrogens with zero attached hydrogens (tertiary/aromatic N) is 1. The molecule has 0 bridgehead atoms. The minimum absolute atomic E-state index is 0.0468. The highest BCUT2D eigenvalue weighted by Crippen LogP contribution is 2.27. The third-order valence-corrected chi connectivity index (χ3v) is 5.41. The van der Waals surface area contributed by atoms with Crippen LogP contribution in [0.3, 0.4) is 0 Å². The summed E-state index contributed by atoms with van der Waals surface area (Å²) < 4.78 is 39.8. The number of aliphatic hydroxyl groups is 1. The fourth-order valence-electron chi connectivity index (χ4n) is 1.99. The lowest BCUT2D eigenvalue weighted by Crippen LogP contribution is -2.30. The Morgan fingerprint density at radius 1 is 1.50 bits per heavy atom. The van der Waals surface area contributed by atoms with Gasteiger partial charge in [0, 0.05) is 24.2 Å². The molecule has 1 aliphatic rings. The van der Waals surface area contributed by atoms with Gasteiger partial charge in [0.25, 0.3) is 0 Å². The fraction of sp³-hybridized carbons (Fsp3) is 0.455. The molecule has 2 rings (SSSR count). The molecule has 0 aliphatic carbocycles. The number of hydrogen-bond donors (Lipinski definition) is 1. The van der Waals surface area contributed by atoms with Crippen LogP contribution in [-0.4, -0.2) is 37.5 Å². The molecule has 0 spiro atoms. The minimum atomic E-state index is -3.80. The first-order valence-corrected chi connectivity index (χ1v) is 7.74. The van der Waals surface area contributed by atoms with Gasteiger partial charge in [0.05, 0.1) is 0 Å². The summed E-state index contributed by atoms with van der Waals surface area (Å²) in [6.45, 7) is 0.520. The van der Waals surface area contributed by atoms with Crippen LogP contribution < -0.4 is 0 Å². The van der Waals surface area contributed by atoms with Gasteiger partial charge in [-0.15, -0.1) is 0 Å². The molecule has 0 radical (unpaired) electrons. The highest BCUT2D eigenvalue weighted by molar-refractivity contribution is 9.10. The van der Waals surface area contributed by atoms with Crippen LogP contribution in [0.1, 0.15) is 6.42 Å². The molecular weight excluding hydrogens is 325 g/mol. The Morgan fingerprint density at radius 2 is 2.22 bits per heavy atom. The van der Waals surface area contributed by atoms with Crippen LogP contribution in [0, 0.1) is 11.7 Å². The molecule has 1 aromatic carbocycles. The van der Waals surface area contributed by atoms with Gasteiger partial charge in [-0.3, -0.25) is 0 Å². The van der Waals surface area contributed by atoms with Crippen molar-refractivity contribution in [3.63, 3.8) is 0 Å². The minimum Gasteiger partial charge on any atom is -0.396 e. The maximum absolute atomic E-state index is 13.7. The van der Waals surface area contributed by atoms with E-state index in [1.165, 1.54) is 16.4 Å². The van der Waals surface area contributed by atoms with Crippen LogP contribution in [0.4, 0.5) is 4.39 Å². The smallest absolute Gasteiger partial charge is 0.245 e. The van der Waals surface area contributed by atoms with E-state index in [2.05, 4.69) is 15.9 Å². The summed E-state index contributed by atoms with van der Waals surface area (Å²) in [5.74, 6) is -0.824. The zero-order valence-electron chi connectivity index (χ0n) is 9.51. The lowest BCUT2D eigenvalue weighted by Gasteiger charge is -2.16. The molecular formula is C11H13BrFNO3S. The van der Waals surface area contributed by atoms with E-state index in [4.69, 9.17) is 5.11 Å². The Bertz CT molecular complexity index is 549. The van der Waals surface area contributed by atoms with E-state index in [1.54, 1.807) is 0 Å². The van der Waals surface area contributed by atoms with Gasteiger partial charge in [-0.1, -0.05) is 15.9 Å². The van der Waals surface area contributed by atoms with E-state index < -0.39 is 15.8 Å². The average molecular weight is 338 g/mol. The summed E-state index contributed by atoms with van der Waals surface area (Å²) in [7, 11) is -3.80. The molecule has 7 heteroatoms. The van der Waals surface area contributed by atoms with Crippen LogP contribution in [0.15, 0.2) is 27.6 Å². The summed E-state index contributed by atoms with van der Waals surface area (Å²) in [4.78, 5) is -0.315. The van der Waals surface area contributed by atoms with Gasteiger partial charge >= 0.3 is 0 Å². The number of sulfonamides is 1. The quantitative estimate of drug-likeness (QED) is 0.911. The molecule has 0 saturated carbocycles. The van der Waals surface area contributed by atoms with Crippen molar-refractivity contribution in [2.24, 2.45) is 5.92 Å². The molecule has 1 aromatic rings. The SMILES string of the molecule is O=S(=O)(c1ccc(Br)cc1F)N1CC[C@H](CO)C1. The molecule has 0 unspecified atom stereocenters. The molecule has 1 atom stereocenters. The second-order valence-electron chi connectivity index (χ2n) is 4.28. The van der Waals surface area contributed by atoms with Gasteiger partial charge in [0.1, 0.15) is 10.7 Å². The molecule has 0 amide bonds. The first-order chi connectivity index (χ1) is 8.45. The Kier molecular flexibility index (Phi) is 4.05. The Labute approximate surface area is 114 Å². The van der Waals surface area contributed by atoms with Crippen molar-refractivity contribution in [1.29, 1.82) is 0 Å². The summed E-state index contributed by atoms with van der Waals surface area (Å²) in [5.41, 5.74) is 0. The topological polar surface area (TPSA) is 57.6 Å². The molecule has 1 saturated heterocycles. The molecule has 0 aromatic heterocycles. The van der Waals surface area contributed by atoms with Crippen LogP contribution >= 0.6 is 15.9 Å². The average Bonchev–Trinajstić information content (AvgIpc) is 2.77. The fourth-order valence-corrected chi connectivity index (χ4v) is 3.90. The number of halogens is 2. The van der Waals surface area contributed by atoms with Gasteiger partial charge in [-0.25, -0.2) is 12.8 Å². The van der Waals surface area contributed by atoms with Gasteiger partial charge < -0.3 is 5.11 Å². The molecule has 18 heavy (non-hydrogen) atoms. The van der Waals surface area contributed by atoms with Gasteiger partial charge in [0.2, 0.25) is 10.0 Å². The first kappa shape index (κ1) is 13.9. The number of hydrogen-bond acceptors (Lipinski definition) is 3. The molecule has 1 N–H and O–H groups in total. The van der Waals surface area contributed by atoms with E-state index in [1.807, 2.05) is 0 Å². The van der Waals surface area contributed by atoms with Crippen molar-refractivity contribution in [1.82, 2.24) is 4.31 Å². The highest BCUT2D eigenvalue weighted by atomic mass is 79.9. The summed E-state index contributed by atoms with van der Waals surface area (Å²) in [6.07, 6.45) is 0.605. The normalized spacial score (nSPS) is 21.4. The Hall–Kier alpha value is -0.500. The largest absolute Gasteiger partial charge is 0.396 e. The second kappa shape index (κ2) is 5.24. The number of benzene rings is 1. The van der Waals surface area contributed by atoms with Gasteiger partial charge in [-0.2, -0.15) is 4.31 Å². The molecule has 1 fully saturated rings. The maximum atomic E-state index is 13.7. The van der Waals surface area contributed by atoms with Gasteiger partial charge in [0.15, 0.2) is 0 Å². The standard InChI is InChI=1S/C11H13BrFNO3S/c12-9-1-2-11(10(13)5-9)18(16,17)14-4-3-8(6-14)7-15/h1-2,5,8,15H,3-4,6-7H2/t8-/m0/s1. The first-order valence-electron chi connectivity index (χ1n) is 5.51. The summed E-state index contributed by atoms with van der Waals surface area (Å²) in [6, 6.07) is 3.88. The Morgan fingerprint density at radius 3 is 2.78 bits per heavy atom. The van der Waals surface area contributed by atoms with Crippen LogP contribution in [0.25, 0.3) is 0 Å². The number of rotatable bonds is 3. The van der Waals surface area contributed by atoms with Crippen LogP contribution in [-0.2, 0) is 10.0 Å². The van der Waals surface area contributed by atoms with Crippen molar-refractivity contribution in [3.05, 3.63) is 28.5 Å². The van der Waals surface area contributed by atoms with Crippen molar-refractivity contribution in [2.45, 2.75) is 11.3 Å². The molecule has 1 aliphatic heterocycles. The Balaban J connectivity index is 2.31. The van der Waals surface area contributed by atoms with E-state index in [9.17, 15) is 12.8 Å². The van der Waals surface area contributed by atoms with E-state index in [0.717, 1.165) is 6.07 Å². The molecule has 4 nitrogen and oxygen atoms in total. The van der Waals surface area contributed by atoms with Crippen molar-refractivity contribution >= 4 is 26.0 Å². The predicted molar refractivity (Wildman–Crippen MR) is 68.1 cm³/mol. The lowest BCUT2D eigenvalue weighted by molar-refractivity contribution is 0.233. The van der Waals surface area contributed by atoms with Crippen molar-refractivity contribution < 1.29 is 17.9 Å². The third kappa shape index (κ3) is 2.59. The zero-order chi connectivity index (χ0) is 13.3. The maximum Gasteiger partial charge on any atom is 0.245 e. The van der Waals surface area contributed by atoms with Crippen molar-refractivity contribution in [2.75, 3.05) is 19.7 Å². The third-order valence-electron chi connectivity index (χ3n) is 3.02. The van der Waals surface area contributed by atoms with Crippen LogP contribution in [0.5, 0.6) is 0 Å². The molecule has 100 valence electrons. The lowest BCUT2D eigenvalue weighted by atomic mass is 10.1. The monoisotopic (exact) mass is 337 g/mol. The van der Waals surface area contributed by atoms with E-state index in [0.29, 0.717) is 17.4 Å². The predicted octanol–water partition coefficient (Wildman–Crippen LogP) is 1.59. The number of aliphatic hydroxyl groups excluding tert-OH is 1. The van der Waals surface area contributed by atoms with E-state index in [-0.39, 0.29) is 24.0 Å².